The maximum Gasteiger partial charge on any atom is 0.0436 e. The first-order valence-corrected chi connectivity index (χ1v) is 4.86. The van der Waals surface area contributed by atoms with E-state index in [1.54, 1.807) is 0 Å². The zero-order chi connectivity index (χ0) is 6.27. The molecule has 0 aromatic rings. The molecule has 2 atom stereocenters. The topological polar surface area (TPSA) is 0 Å². The van der Waals surface area contributed by atoms with Crippen molar-refractivity contribution in [2.24, 2.45) is 0 Å². The summed E-state index contributed by atoms with van der Waals surface area (Å²) in [5.41, 5.74) is 0. The van der Waals surface area contributed by atoms with Gasteiger partial charge in [0.15, 0.2) is 0 Å². The summed E-state index contributed by atoms with van der Waals surface area (Å²) >= 11 is 3.93. The molecule has 2 aliphatic rings. The molecule has 0 aliphatic carbocycles. The molecule has 0 aromatic carbocycles. The molecule has 2 rings (SSSR count). The lowest BCUT2D eigenvalue weighted by molar-refractivity contribution is 1.14. The fraction of sp³-hybridized carbons (Fsp3) is 0.429. The monoisotopic (exact) mass is 156 g/mol. The van der Waals surface area contributed by atoms with Crippen LogP contribution in [0.4, 0.5) is 0 Å². The maximum atomic E-state index is 2.36. The Morgan fingerprint density at radius 3 is 3.11 bits per heavy atom. The van der Waals surface area contributed by atoms with E-state index in [2.05, 4.69) is 24.5 Å². The number of allylic oxidation sites excluding steroid dienone is 1. The Morgan fingerprint density at radius 1 is 1.44 bits per heavy atom. The second-order valence-electron chi connectivity index (χ2n) is 2.29. The van der Waals surface area contributed by atoms with Gasteiger partial charge in [-0.15, -0.1) is 23.5 Å². The number of hydrogen-bond donors (Lipinski definition) is 0. The van der Waals surface area contributed by atoms with Crippen LogP contribution in [0.25, 0.3) is 0 Å². The van der Waals surface area contributed by atoms with Crippen LogP contribution in [-0.4, -0.2) is 10.5 Å². The van der Waals surface area contributed by atoms with Crippen molar-refractivity contribution in [3.05, 3.63) is 22.5 Å². The van der Waals surface area contributed by atoms with Crippen LogP contribution in [0.5, 0.6) is 0 Å². The van der Waals surface area contributed by atoms with Crippen LogP contribution < -0.4 is 0 Å². The van der Waals surface area contributed by atoms with Gasteiger partial charge in [-0.25, -0.2) is 0 Å². The molecule has 0 saturated carbocycles. The predicted octanol–water partition coefficient (Wildman–Crippen LogP) is 2.63. The molecule has 2 unspecified atom stereocenters. The lowest BCUT2D eigenvalue weighted by atomic mass is 10.3. The molecule has 0 fully saturated rings. The van der Waals surface area contributed by atoms with Crippen molar-refractivity contribution >= 4 is 23.5 Å². The molecule has 0 saturated heterocycles. The fourth-order valence-electron chi connectivity index (χ4n) is 1.13. The first-order valence-electron chi connectivity index (χ1n) is 3.03. The van der Waals surface area contributed by atoms with Crippen LogP contribution >= 0.6 is 23.5 Å². The molecule has 0 aromatic heterocycles. The molecule has 48 valence electrons. The molecule has 9 heavy (non-hydrogen) atoms. The minimum absolute atomic E-state index is 0.759. The standard InChI is InChI=1S/C7H8S2/c1-5-4-7-6(9-5)2-3-8-7/h2-4,6-7H,1H3. The van der Waals surface area contributed by atoms with Gasteiger partial charge in [0.05, 0.1) is 0 Å². The van der Waals surface area contributed by atoms with Crippen molar-refractivity contribution in [2.75, 3.05) is 0 Å². The quantitative estimate of drug-likeness (QED) is 0.529. The highest BCUT2D eigenvalue weighted by Gasteiger charge is 2.27. The molecule has 2 aliphatic heterocycles. The van der Waals surface area contributed by atoms with Crippen LogP contribution in [0.15, 0.2) is 22.5 Å². The number of hydrogen-bond acceptors (Lipinski definition) is 2. The van der Waals surface area contributed by atoms with Crippen molar-refractivity contribution in [1.29, 1.82) is 0 Å². The van der Waals surface area contributed by atoms with Gasteiger partial charge in [-0.1, -0.05) is 12.2 Å². The lowest BCUT2D eigenvalue weighted by Gasteiger charge is -2.02. The van der Waals surface area contributed by atoms with E-state index in [9.17, 15) is 0 Å². The minimum Gasteiger partial charge on any atom is -0.125 e. The molecule has 0 N–H and O–H groups in total. The summed E-state index contributed by atoms with van der Waals surface area (Å²) < 4.78 is 0. The average molecular weight is 156 g/mol. The molecule has 2 heteroatoms. The number of thioether (sulfide) groups is 2. The molecular formula is C7H8S2. The van der Waals surface area contributed by atoms with Crippen LogP contribution in [0.2, 0.25) is 0 Å². The molecular weight excluding hydrogens is 148 g/mol. The van der Waals surface area contributed by atoms with Crippen LogP contribution in [0.3, 0.4) is 0 Å². The van der Waals surface area contributed by atoms with Gasteiger partial charge >= 0.3 is 0 Å². The summed E-state index contributed by atoms with van der Waals surface area (Å²) in [4.78, 5) is 1.49. The Bertz CT molecular complexity index is 181. The van der Waals surface area contributed by atoms with Crippen molar-refractivity contribution in [3.8, 4) is 0 Å². The SMILES string of the molecule is CC1=CC2SC=CC2S1. The van der Waals surface area contributed by atoms with Gasteiger partial charge in [-0.3, -0.25) is 0 Å². The summed E-state index contributed by atoms with van der Waals surface area (Å²) in [6.45, 7) is 2.19. The van der Waals surface area contributed by atoms with Gasteiger partial charge in [-0.05, 0) is 17.2 Å². The van der Waals surface area contributed by atoms with E-state index in [1.807, 2.05) is 23.5 Å². The Kier molecular flexibility index (Phi) is 1.38. The maximum absolute atomic E-state index is 2.36. The van der Waals surface area contributed by atoms with E-state index in [0.29, 0.717) is 0 Å². The number of fused-ring (bicyclic) bond motifs is 1. The van der Waals surface area contributed by atoms with Crippen molar-refractivity contribution in [3.63, 3.8) is 0 Å². The summed E-state index contributed by atoms with van der Waals surface area (Å²) in [7, 11) is 0. The highest BCUT2D eigenvalue weighted by atomic mass is 32.2. The molecule has 0 amide bonds. The van der Waals surface area contributed by atoms with E-state index >= 15 is 0 Å². The molecule has 0 spiro atoms. The largest absolute Gasteiger partial charge is 0.125 e. The highest BCUT2D eigenvalue weighted by molar-refractivity contribution is 8.08. The number of rotatable bonds is 0. The van der Waals surface area contributed by atoms with Crippen molar-refractivity contribution < 1.29 is 0 Å². The van der Waals surface area contributed by atoms with Gasteiger partial charge in [0.1, 0.15) is 0 Å². The summed E-state index contributed by atoms with van der Waals surface area (Å²) in [6.07, 6.45) is 4.66. The third kappa shape index (κ3) is 0.945. The third-order valence-corrected chi connectivity index (χ3v) is 4.01. The molecule has 0 bridgehead atoms. The van der Waals surface area contributed by atoms with E-state index in [1.165, 1.54) is 4.91 Å². The average Bonchev–Trinajstić information content (AvgIpc) is 2.22. The Balaban J connectivity index is 2.19. The van der Waals surface area contributed by atoms with Gasteiger partial charge < -0.3 is 0 Å². The van der Waals surface area contributed by atoms with E-state index < -0.39 is 0 Å². The van der Waals surface area contributed by atoms with Crippen LogP contribution in [0.1, 0.15) is 6.92 Å². The van der Waals surface area contributed by atoms with E-state index in [-0.39, 0.29) is 0 Å². The fourth-order valence-corrected chi connectivity index (χ4v) is 3.66. The van der Waals surface area contributed by atoms with E-state index in [4.69, 9.17) is 0 Å². The van der Waals surface area contributed by atoms with Crippen molar-refractivity contribution in [1.82, 2.24) is 0 Å². The zero-order valence-corrected chi connectivity index (χ0v) is 6.84. The third-order valence-electron chi connectivity index (χ3n) is 1.55. The van der Waals surface area contributed by atoms with Crippen LogP contribution in [0, 0.1) is 0 Å². The smallest absolute Gasteiger partial charge is 0.0436 e. The summed E-state index contributed by atoms with van der Waals surface area (Å²) in [6, 6.07) is 0. The second-order valence-corrected chi connectivity index (χ2v) is 4.80. The first-order chi connectivity index (χ1) is 4.36. The highest BCUT2D eigenvalue weighted by Crippen LogP contribution is 2.43. The second kappa shape index (κ2) is 2.10. The van der Waals surface area contributed by atoms with Gasteiger partial charge in [-0.2, -0.15) is 0 Å². The van der Waals surface area contributed by atoms with Gasteiger partial charge in [0.2, 0.25) is 0 Å². The predicted molar refractivity (Wildman–Crippen MR) is 45.7 cm³/mol. The van der Waals surface area contributed by atoms with Crippen molar-refractivity contribution in [2.45, 2.75) is 17.4 Å². The zero-order valence-electron chi connectivity index (χ0n) is 5.20. The Labute approximate surface area is 63.8 Å². The summed E-state index contributed by atoms with van der Waals surface area (Å²) in [5, 5.41) is 3.73. The first kappa shape index (κ1) is 5.93. The van der Waals surface area contributed by atoms with Crippen LogP contribution in [-0.2, 0) is 0 Å². The minimum atomic E-state index is 0.759. The lowest BCUT2D eigenvalue weighted by Crippen LogP contribution is -2.03. The Morgan fingerprint density at radius 2 is 2.33 bits per heavy atom. The molecule has 0 radical (unpaired) electrons. The molecule has 2 heterocycles. The van der Waals surface area contributed by atoms with E-state index in [0.717, 1.165) is 10.5 Å². The Hall–Kier alpha value is 0.180. The van der Waals surface area contributed by atoms with Gasteiger partial charge in [0, 0.05) is 10.5 Å². The normalized spacial score (nSPS) is 39.0. The molecule has 0 nitrogen and oxygen atoms in total. The summed E-state index contributed by atoms with van der Waals surface area (Å²) in [5.74, 6) is 0. The van der Waals surface area contributed by atoms with Gasteiger partial charge in [0.25, 0.3) is 0 Å².